The number of benzene rings is 1. The van der Waals surface area contributed by atoms with Crippen LogP contribution in [0.25, 0.3) is 6.08 Å². The molecule has 2 N–H and O–H groups in total. The Balaban J connectivity index is 2.35. The molecule has 2 heteroatoms. The van der Waals surface area contributed by atoms with Crippen LogP contribution in [-0.2, 0) is 0 Å². The van der Waals surface area contributed by atoms with Gasteiger partial charge in [0.25, 0.3) is 0 Å². The Morgan fingerprint density at radius 1 is 1.38 bits per heavy atom. The molecule has 1 aromatic carbocycles. The molecule has 0 fully saturated rings. The molecule has 2 nitrogen and oxygen atoms in total. The zero-order valence-electron chi connectivity index (χ0n) is 10.2. The van der Waals surface area contributed by atoms with Gasteiger partial charge in [-0.15, -0.1) is 0 Å². The average molecular weight is 217 g/mol. The van der Waals surface area contributed by atoms with Crippen molar-refractivity contribution in [2.75, 3.05) is 6.54 Å². The second-order valence-corrected chi connectivity index (χ2v) is 4.97. The fraction of sp³-hybridized carbons (Fsp3) is 0.429. The third kappa shape index (κ3) is 2.12. The van der Waals surface area contributed by atoms with E-state index >= 15 is 0 Å². The average Bonchev–Trinajstić information content (AvgIpc) is 2.26. The highest BCUT2D eigenvalue weighted by atomic mass is 16.5. The van der Waals surface area contributed by atoms with Crippen molar-refractivity contribution in [2.45, 2.75) is 32.3 Å². The topological polar surface area (TPSA) is 35.2 Å². The molecule has 0 saturated heterocycles. The van der Waals surface area contributed by atoms with Crippen LogP contribution in [0.5, 0.6) is 5.75 Å². The van der Waals surface area contributed by atoms with Gasteiger partial charge in [0.15, 0.2) is 0 Å². The third-order valence-electron chi connectivity index (χ3n) is 2.99. The summed E-state index contributed by atoms with van der Waals surface area (Å²) in [5.41, 5.74) is 7.90. The molecule has 1 aromatic rings. The minimum absolute atomic E-state index is 0.200. The quantitative estimate of drug-likeness (QED) is 0.826. The summed E-state index contributed by atoms with van der Waals surface area (Å²) in [5, 5.41) is 0. The third-order valence-corrected chi connectivity index (χ3v) is 2.99. The van der Waals surface area contributed by atoms with Gasteiger partial charge in [0.05, 0.1) is 0 Å². The normalized spacial score (nSPS) is 18.8. The highest BCUT2D eigenvalue weighted by Gasteiger charge is 2.21. The molecular weight excluding hydrogens is 198 g/mol. The van der Waals surface area contributed by atoms with Crippen LogP contribution in [0.4, 0.5) is 0 Å². The van der Waals surface area contributed by atoms with Crippen LogP contribution in [0, 0.1) is 0 Å². The van der Waals surface area contributed by atoms with Crippen molar-refractivity contribution in [1.82, 2.24) is 0 Å². The second-order valence-electron chi connectivity index (χ2n) is 4.97. The van der Waals surface area contributed by atoms with E-state index < -0.39 is 0 Å². The van der Waals surface area contributed by atoms with Crippen LogP contribution in [0.15, 0.2) is 24.3 Å². The first-order valence-corrected chi connectivity index (χ1v) is 5.74. The van der Waals surface area contributed by atoms with Crippen molar-refractivity contribution in [1.29, 1.82) is 0 Å². The van der Waals surface area contributed by atoms with E-state index in [4.69, 9.17) is 10.5 Å². The molecule has 0 bridgehead atoms. The summed E-state index contributed by atoms with van der Waals surface area (Å²) in [6.45, 7) is 6.93. The Morgan fingerprint density at radius 3 is 2.81 bits per heavy atom. The Bertz CT molecular complexity index is 421. The number of hydrogen-bond acceptors (Lipinski definition) is 2. The predicted molar refractivity (Wildman–Crippen MR) is 67.7 cm³/mol. The van der Waals surface area contributed by atoms with E-state index in [1.807, 2.05) is 6.07 Å². The number of nitrogens with two attached hydrogens (primary N) is 1. The SMILES string of the molecule is CC(CN)c1ccc2c(c1)C=CC(C)(C)O2. The molecule has 1 heterocycles. The molecule has 16 heavy (non-hydrogen) atoms. The van der Waals surface area contributed by atoms with Crippen molar-refractivity contribution >= 4 is 6.08 Å². The smallest absolute Gasteiger partial charge is 0.127 e. The van der Waals surface area contributed by atoms with Gasteiger partial charge in [-0.2, -0.15) is 0 Å². The van der Waals surface area contributed by atoms with Crippen molar-refractivity contribution in [2.24, 2.45) is 5.73 Å². The van der Waals surface area contributed by atoms with Crippen LogP contribution in [0.2, 0.25) is 0 Å². The highest BCUT2D eigenvalue weighted by molar-refractivity contribution is 5.62. The van der Waals surface area contributed by atoms with Gasteiger partial charge in [-0.25, -0.2) is 0 Å². The van der Waals surface area contributed by atoms with E-state index in [1.165, 1.54) is 5.56 Å². The summed E-state index contributed by atoms with van der Waals surface area (Å²) >= 11 is 0. The van der Waals surface area contributed by atoms with Crippen LogP contribution in [0.3, 0.4) is 0 Å². The molecule has 1 unspecified atom stereocenters. The van der Waals surface area contributed by atoms with Crippen molar-refractivity contribution in [3.05, 3.63) is 35.4 Å². The molecule has 1 aliphatic heterocycles. The van der Waals surface area contributed by atoms with E-state index in [2.05, 4.69) is 45.1 Å². The van der Waals surface area contributed by atoms with Crippen molar-refractivity contribution < 1.29 is 4.74 Å². The molecule has 0 saturated carbocycles. The number of ether oxygens (including phenoxy) is 1. The maximum atomic E-state index is 5.87. The van der Waals surface area contributed by atoms with Gasteiger partial charge in [-0.1, -0.05) is 19.1 Å². The summed E-state index contributed by atoms with van der Waals surface area (Å²) in [7, 11) is 0. The van der Waals surface area contributed by atoms with Crippen molar-refractivity contribution in [3.8, 4) is 5.75 Å². The standard InChI is InChI=1S/C14H19NO/c1-10(9-15)11-4-5-13-12(8-11)6-7-14(2,3)16-13/h4-8,10H,9,15H2,1-3H3. The highest BCUT2D eigenvalue weighted by Crippen LogP contribution is 2.32. The molecule has 1 atom stereocenters. The lowest BCUT2D eigenvalue weighted by Crippen LogP contribution is -2.27. The van der Waals surface area contributed by atoms with Gasteiger partial charge in [-0.3, -0.25) is 0 Å². The number of hydrogen-bond donors (Lipinski definition) is 1. The monoisotopic (exact) mass is 217 g/mol. The lowest BCUT2D eigenvalue weighted by atomic mass is 9.96. The molecule has 0 radical (unpaired) electrons. The Hall–Kier alpha value is -1.28. The number of rotatable bonds is 2. The zero-order valence-corrected chi connectivity index (χ0v) is 10.2. The minimum atomic E-state index is -0.200. The van der Waals surface area contributed by atoms with Gasteiger partial charge < -0.3 is 10.5 Å². The minimum Gasteiger partial charge on any atom is -0.483 e. The zero-order chi connectivity index (χ0) is 11.8. The molecular formula is C14H19NO. The lowest BCUT2D eigenvalue weighted by molar-refractivity contribution is 0.159. The van der Waals surface area contributed by atoms with Gasteiger partial charge in [0, 0.05) is 5.56 Å². The van der Waals surface area contributed by atoms with Gasteiger partial charge in [0.1, 0.15) is 11.4 Å². The molecule has 86 valence electrons. The van der Waals surface area contributed by atoms with E-state index in [9.17, 15) is 0 Å². The summed E-state index contributed by atoms with van der Waals surface area (Å²) in [6.07, 6.45) is 4.22. The van der Waals surface area contributed by atoms with Gasteiger partial charge in [0.2, 0.25) is 0 Å². The van der Waals surface area contributed by atoms with Gasteiger partial charge in [-0.05, 0) is 50.1 Å². The summed E-state index contributed by atoms with van der Waals surface area (Å²) in [4.78, 5) is 0. The summed E-state index contributed by atoms with van der Waals surface area (Å²) in [5.74, 6) is 1.36. The van der Waals surface area contributed by atoms with Crippen LogP contribution < -0.4 is 10.5 Å². The summed E-state index contributed by atoms with van der Waals surface area (Å²) < 4.78 is 5.87. The predicted octanol–water partition coefficient (Wildman–Crippen LogP) is 2.93. The fourth-order valence-corrected chi connectivity index (χ4v) is 1.84. The first kappa shape index (κ1) is 11.2. The summed E-state index contributed by atoms with van der Waals surface area (Å²) in [6, 6.07) is 6.31. The van der Waals surface area contributed by atoms with E-state index in [-0.39, 0.29) is 5.60 Å². The molecule has 0 spiro atoms. The van der Waals surface area contributed by atoms with Crippen molar-refractivity contribution in [3.63, 3.8) is 0 Å². The van der Waals surface area contributed by atoms with Crippen LogP contribution in [0.1, 0.15) is 37.8 Å². The maximum absolute atomic E-state index is 5.87. The Morgan fingerprint density at radius 2 is 2.12 bits per heavy atom. The van der Waals surface area contributed by atoms with Crippen LogP contribution >= 0.6 is 0 Å². The van der Waals surface area contributed by atoms with E-state index in [0.29, 0.717) is 12.5 Å². The Kier molecular flexibility index (Phi) is 2.76. The van der Waals surface area contributed by atoms with E-state index in [0.717, 1.165) is 11.3 Å². The first-order chi connectivity index (χ1) is 7.52. The molecule has 0 amide bonds. The second kappa shape index (κ2) is 3.95. The largest absolute Gasteiger partial charge is 0.483 e. The molecule has 0 aromatic heterocycles. The van der Waals surface area contributed by atoms with Gasteiger partial charge >= 0.3 is 0 Å². The molecule has 1 aliphatic rings. The Labute approximate surface area is 97.1 Å². The lowest BCUT2D eigenvalue weighted by Gasteiger charge is -2.28. The number of fused-ring (bicyclic) bond motifs is 1. The molecule has 2 rings (SSSR count). The van der Waals surface area contributed by atoms with E-state index in [1.54, 1.807) is 0 Å². The first-order valence-electron chi connectivity index (χ1n) is 5.74. The fourth-order valence-electron chi connectivity index (χ4n) is 1.84. The maximum Gasteiger partial charge on any atom is 0.127 e. The molecule has 0 aliphatic carbocycles. The van der Waals surface area contributed by atoms with Crippen LogP contribution in [-0.4, -0.2) is 12.1 Å².